The molecular weight excluding hydrogens is 454 g/mol. The first kappa shape index (κ1) is 27.0. The number of sulfonamides is 1. The molecule has 1 aliphatic heterocycles. The maximum atomic E-state index is 12.3. The molecule has 2 rings (SSSR count). The fraction of sp³-hybridized carbons (Fsp3) is 0.333. The summed E-state index contributed by atoms with van der Waals surface area (Å²) >= 11 is 0. The largest absolute Gasteiger partial charge is 0.507 e. The Morgan fingerprint density at radius 1 is 1.26 bits per heavy atom. The molecule has 0 aromatic heterocycles. The molecule has 0 radical (unpaired) electrons. The van der Waals surface area contributed by atoms with Gasteiger partial charge in [0.15, 0.2) is 0 Å². The predicted molar refractivity (Wildman–Crippen MR) is 133 cm³/mol. The van der Waals surface area contributed by atoms with Crippen LogP contribution in [0.1, 0.15) is 18.9 Å². The number of rotatable bonds is 10. The topological polar surface area (TPSA) is 128 Å². The van der Waals surface area contributed by atoms with Crippen LogP contribution in [0.5, 0.6) is 0 Å². The Kier molecular flexibility index (Phi) is 10.2. The van der Waals surface area contributed by atoms with Crippen LogP contribution in [0.2, 0.25) is 0 Å². The maximum Gasteiger partial charge on any atom is 0.254 e. The van der Waals surface area contributed by atoms with E-state index in [1.165, 1.54) is 24.4 Å². The average Bonchev–Trinajstić information content (AvgIpc) is 2.79. The number of terminal acetylenes is 1. The average molecular weight is 486 g/mol. The van der Waals surface area contributed by atoms with Crippen molar-refractivity contribution in [2.45, 2.75) is 24.8 Å². The normalized spacial score (nSPS) is 16.7. The Morgan fingerprint density at radius 3 is 2.44 bits per heavy atom. The summed E-state index contributed by atoms with van der Waals surface area (Å²) in [6.07, 6.45) is 10.2. The van der Waals surface area contributed by atoms with Gasteiger partial charge in [0.05, 0.1) is 17.7 Å². The molecule has 0 saturated carbocycles. The molecular formula is C24H31N5O4S. The summed E-state index contributed by atoms with van der Waals surface area (Å²) in [4.78, 5) is 16.6. The maximum absolute atomic E-state index is 12.3. The van der Waals surface area contributed by atoms with Crippen LogP contribution in [-0.4, -0.2) is 68.2 Å². The Labute approximate surface area is 201 Å². The number of benzene rings is 1. The van der Waals surface area contributed by atoms with Crippen molar-refractivity contribution in [2.75, 3.05) is 32.7 Å². The van der Waals surface area contributed by atoms with E-state index in [9.17, 15) is 18.3 Å². The van der Waals surface area contributed by atoms with Crippen LogP contribution in [0.25, 0.3) is 0 Å². The van der Waals surface area contributed by atoms with Gasteiger partial charge in [0.25, 0.3) is 5.91 Å². The monoisotopic (exact) mass is 485 g/mol. The van der Waals surface area contributed by atoms with Gasteiger partial charge in [0, 0.05) is 44.4 Å². The van der Waals surface area contributed by atoms with E-state index < -0.39 is 10.0 Å². The molecule has 34 heavy (non-hydrogen) atoms. The van der Waals surface area contributed by atoms with Crippen LogP contribution < -0.4 is 10.6 Å². The zero-order chi connectivity index (χ0) is 25.1. The number of allylic oxidation sites excluding steroid dienone is 4. The molecule has 1 fully saturated rings. The first-order valence-corrected chi connectivity index (χ1v) is 12.2. The summed E-state index contributed by atoms with van der Waals surface area (Å²) in [5, 5.41) is 19.3. The summed E-state index contributed by atoms with van der Waals surface area (Å²) < 4.78 is 22.7. The lowest BCUT2D eigenvalue weighted by molar-refractivity contribution is -0.122. The minimum absolute atomic E-state index is 0.00580. The van der Waals surface area contributed by atoms with E-state index in [1.807, 2.05) is 4.90 Å². The van der Waals surface area contributed by atoms with Crippen molar-refractivity contribution in [3.63, 3.8) is 0 Å². The van der Waals surface area contributed by atoms with Gasteiger partial charge >= 0.3 is 0 Å². The third-order valence-corrected chi connectivity index (χ3v) is 6.18. The van der Waals surface area contributed by atoms with Crippen LogP contribution in [0, 0.1) is 12.3 Å². The number of hydrogen-bond donors (Lipinski definition) is 3. The van der Waals surface area contributed by atoms with E-state index in [1.54, 1.807) is 25.1 Å². The van der Waals surface area contributed by atoms with Crippen LogP contribution in [-0.2, 0) is 21.4 Å². The molecule has 0 spiro atoms. The number of primary sulfonamides is 1. The van der Waals surface area contributed by atoms with Gasteiger partial charge in [-0.25, -0.2) is 19.0 Å². The molecule has 1 amide bonds. The van der Waals surface area contributed by atoms with Gasteiger partial charge < -0.3 is 5.11 Å². The zero-order valence-electron chi connectivity index (χ0n) is 19.3. The van der Waals surface area contributed by atoms with E-state index in [0.29, 0.717) is 37.2 Å². The molecule has 1 heterocycles. The number of nitrogens with one attached hydrogen (secondary N) is 1. The van der Waals surface area contributed by atoms with E-state index in [4.69, 9.17) is 11.6 Å². The Morgan fingerprint density at radius 2 is 1.88 bits per heavy atom. The number of hydrazone groups is 1. The quantitative estimate of drug-likeness (QED) is 0.115. The molecule has 0 aliphatic carbocycles. The SMILES string of the molecule is C#C/C=C(/C=N/NC(=O)CN1CCN(Cc2ccc(S(N)(=O)=O)cc2)CC1)C(\O)=C(/C)CC=C. The summed E-state index contributed by atoms with van der Waals surface area (Å²) in [6, 6.07) is 6.53. The highest BCUT2D eigenvalue weighted by Gasteiger charge is 2.19. The van der Waals surface area contributed by atoms with Crippen LogP contribution in [0.3, 0.4) is 0 Å². The van der Waals surface area contributed by atoms with E-state index in [0.717, 1.165) is 18.7 Å². The Hall–Kier alpha value is -3.23. The van der Waals surface area contributed by atoms with E-state index >= 15 is 0 Å². The number of amides is 1. The molecule has 0 bridgehead atoms. The fourth-order valence-electron chi connectivity index (χ4n) is 3.38. The van der Waals surface area contributed by atoms with Gasteiger partial charge in [-0.15, -0.1) is 13.0 Å². The molecule has 1 aliphatic rings. The second kappa shape index (κ2) is 12.9. The van der Waals surface area contributed by atoms with Crippen molar-refractivity contribution in [1.82, 2.24) is 15.2 Å². The molecule has 0 unspecified atom stereocenters. The van der Waals surface area contributed by atoms with E-state index in [2.05, 4.69) is 27.9 Å². The lowest BCUT2D eigenvalue weighted by Gasteiger charge is -2.34. The molecule has 182 valence electrons. The van der Waals surface area contributed by atoms with Crippen molar-refractivity contribution in [1.29, 1.82) is 0 Å². The number of aliphatic hydroxyl groups is 1. The summed E-state index contributed by atoms with van der Waals surface area (Å²) in [5.41, 5.74) is 4.47. The Bertz CT molecular complexity index is 1110. The molecule has 9 nitrogen and oxygen atoms in total. The third-order valence-electron chi connectivity index (χ3n) is 5.25. The van der Waals surface area contributed by atoms with Gasteiger partial charge in [-0.2, -0.15) is 5.10 Å². The standard InChI is InChI=1S/C24H31N5O4S/c1-4-6-19(3)24(31)21(7-5-2)16-26-27-23(30)18-29-14-12-28(13-15-29)17-20-8-10-22(11-9-20)34(25,32)33/h2,4,7-11,16,31H,1,6,12-15,17-18H2,3H3,(H,27,30)(H2,25,32,33)/b21-7-,24-19-,26-16+. The Balaban J connectivity index is 1.81. The number of aliphatic hydroxyl groups excluding tert-OH is 1. The number of nitrogens with two attached hydrogens (primary N) is 1. The van der Waals surface area contributed by atoms with Crippen molar-refractivity contribution >= 4 is 22.1 Å². The van der Waals surface area contributed by atoms with Gasteiger partial charge in [-0.3, -0.25) is 14.6 Å². The second-order valence-corrected chi connectivity index (χ2v) is 9.48. The van der Waals surface area contributed by atoms with Gasteiger partial charge in [-0.1, -0.05) is 24.1 Å². The molecule has 4 N–H and O–H groups in total. The highest BCUT2D eigenvalue weighted by atomic mass is 32.2. The number of nitrogens with zero attached hydrogens (tertiary/aromatic N) is 3. The zero-order valence-corrected chi connectivity index (χ0v) is 20.1. The molecule has 0 atom stereocenters. The highest BCUT2D eigenvalue weighted by molar-refractivity contribution is 7.89. The molecule has 1 saturated heterocycles. The second-order valence-electron chi connectivity index (χ2n) is 7.92. The first-order valence-electron chi connectivity index (χ1n) is 10.7. The molecule has 1 aromatic rings. The number of carbonyl (C=O) groups is 1. The van der Waals surface area contributed by atoms with Crippen LogP contribution >= 0.6 is 0 Å². The minimum Gasteiger partial charge on any atom is -0.507 e. The van der Waals surface area contributed by atoms with Crippen molar-refractivity contribution in [2.24, 2.45) is 10.2 Å². The third kappa shape index (κ3) is 8.61. The predicted octanol–water partition coefficient (Wildman–Crippen LogP) is 1.52. The lowest BCUT2D eigenvalue weighted by Crippen LogP contribution is -2.48. The summed E-state index contributed by atoms with van der Waals surface area (Å²) in [7, 11) is -3.69. The van der Waals surface area contributed by atoms with Crippen LogP contribution in [0.4, 0.5) is 0 Å². The van der Waals surface area contributed by atoms with Gasteiger partial charge in [0.1, 0.15) is 5.76 Å². The minimum atomic E-state index is -3.69. The fourth-order valence-corrected chi connectivity index (χ4v) is 3.89. The number of piperazine rings is 1. The summed E-state index contributed by atoms with van der Waals surface area (Å²) in [5.74, 6) is 2.09. The van der Waals surface area contributed by atoms with Crippen molar-refractivity contribution in [3.05, 3.63) is 65.5 Å². The van der Waals surface area contributed by atoms with E-state index in [-0.39, 0.29) is 23.1 Å². The molecule has 1 aromatic carbocycles. The lowest BCUT2D eigenvalue weighted by atomic mass is 10.1. The smallest absolute Gasteiger partial charge is 0.254 e. The van der Waals surface area contributed by atoms with Crippen LogP contribution in [0.15, 0.2) is 69.9 Å². The van der Waals surface area contributed by atoms with Gasteiger partial charge in [-0.05, 0) is 36.6 Å². The van der Waals surface area contributed by atoms with Crippen molar-refractivity contribution < 1.29 is 18.3 Å². The van der Waals surface area contributed by atoms with Gasteiger partial charge in [0.2, 0.25) is 10.0 Å². The highest BCUT2D eigenvalue weighted by Crippen LogP contribution is 2.14. The first-order chi connectivity index (χ1) is 16.1. The summed E-state index contributed by atoms with van der Waals surface area (Å²) in [6.45, 7) is 9.22. The van der Waals surface area contributed by atoms with Crippen molar-refractivity contribution in [3.8, 4) is 12.3 Å². The number of hydrogen-bond acceptors (Lipinski definition) is 7. The number of carbonyl (C=O) groups excluding carboxylic acids is 1. The molecule has 10 heteroatoms.